The minimum Gasteiger partial charge on any atom is -0.459 e. The first-order valence-corrected chi connectivity index (χ1v) is 11.0. The first-order chi connectivity index (χ1) is 15.6. The molecule has 0 saturated heterocycles. The van der Waals surface area contributed by atoms with E-state index in [2.05, 4.69) is 22.1 Å². The molecule has 0 spiro atoms. The van der Waals surface area contributed by atoms with E-state index in [1.165, 1.54) is 12.8 Å². The summed E-state index contributed by atoms with van der Waals surface area (Å²) in [6.45, 7) is 1.55. The van der Waals surface area contributed by atoms with Crippen LogP contribution < -0.4 is 10.7 Å². The third kappa shape index (κ3) is 4.91. The number of fused-ring (bicyclic) bond motifs is 1. The normalized spacial score (nSPS) is 13.0. The van der Waals surface area contributed by atoms with Crippen molar-refractivity contribution in [3.63, 3.8) is 0 Å². The van der Waals surface area contributed by atoms with Gasteiger partial charge in [-0.2, -0.15) is 0 Å². The first kappa shape index (κ1) is 20.5. The third-order valence-electron chi connectivity index (χ3n) is 5.48. The smallest absolute Gasteiger partial charge is 0.193 e. The maximum absolute atomic E-state index is 12.6. The van der Waals surface area contributed by atoms with Gasteiger partial charge in [-0.3, -0.25) is 4.79 Å². The van der Waals surface area contributed by atoms with Crippen molar-refractivity contribution in [3.8, 4) is 23.0 Å². The molecule has 1 aliphatic rings. The van der Waals surface area contributed by atoms with Gasteiger partial charge in [0, 0.05) is 28.4 Å². The molecule has 0 bridgehead atoms. The Balaban J connectivity index is 1.32. The Morgan fingerprint density at radius 3 is 2.56 bits per heavy atom. The van der Waals surface area contributed by atoms with Gasteiger partial charge in [-0.05, 0) is 73.2 Å². The maximum Gasteiger partial charge on any atom is 0.193 e. The molecule has 158 valence electrons. The standard InChI is InChI=1S/C27H21ClN2O2/c28-22-8-5-20(6-9-22)21-7-11-23(30-16-21)10-3-18-4-12-27-25(13-18)26(31)14-24(32-27)17-29-15-19-1-2-19/h4-9,11-14,16,19,29H,1-2,15,17H2. The molecule has 0 radical (unpaired) electrons. The summed E-state index contributed by atoms with van der Waals surface area (Å²) in [5.74, 6) is 7.60. The molecule has 1 fully saturated rings. The van der Waals surface area contributed by atoms with E-state index in [1.54, 1.807) is 18.3 Å². The Hall–Kier alpha value is -3.39. The van der Waals surface area contributed by atoms with Crippen LogP contribution in [0.4, 0.5) is 0 Å². The van der Waals surface area contributed by atoms with Crippen molar-refractivity contribution in [2.24, 2.45) is 5.92 Å². The Kier molecular flexibility index (Phi) is 5.77. The number of nitrogens with zero attached hydrogens (tertiary/aromatic N) is 1. The number of benzene rings is 2. The molecule has 2 aromatic carbocycles. The lowest BCUT2D eigenvalue weighted by Crippen LogP contribution is -2.17. The van der Waals surface area contributed by atoms with Crippen molar-refractivity contribution >= 4 is 22.6 Å². The zero-order chi connectivity index (χ0) is 21.9. The number of halogens is 1. The van der Waals surface area contributed by atoms with Crippen molar-refractivity contribution in [1.29, 1.82) is 0 Å². The molecule has 4 aromatic rings. The number of pyridine rings is 1. The lowest BCUT2D eigenvalue weighted by molar-refractivity contribution is 0.497. The number of nitrogens with one attached hydrogen (secondary N) is 1. The summed E-state index contributed by atoms with van der Waals surface area (Å²) in [4.78, 5) is 17.0. The van der Waals surface area contributed by atoms with Gasteiger partial charge in [-0.1, -0.05) is 35.7 Å². The van der Waals surface area contributed by atoms with Crippen LogP contribution in [0.15, 0.2) is 76.1 Å². The van der Waals surface area contributed by atoms with E-state index in [0.717, 1.165) is 29.2 Å². The Bertz CT molecular complexity index is 1380. The summed E-state index contributed by atoms with van der Waals surface area (Å²) in [5, 5.41) is 4.59. The zero-order valence-electron chi connectivity index (χ0n) is 17.4. The second-order valence-corrected chi connectivity index (χ2v) is 8.49. The molecular formula is C27H21ClN2O2. The fourth-order valence-electron chi connectivity index (χ4n) is 3.51. The minimum absolute atomic E-state index is 0.0523. The van der Waals surface area contributed by atoms with E-state index in [9.17, 15) is 4.79 Å². The third-order valence-corrected chi connectivity index (χ3v) is 5.74. The van der Waals surface area contributed by atoms with Crippen molar-refractivity contribution in [3.05, 3.63) is 99.1 Å². The van der Waals surface area contributed by atoms with Crippen LogP contribution in [0.3, 0.4) is 0 Å². The molecule has 32 heavy (non-hydrogen) atoms. The molecule has 0 amide bonds. The van der Waals surface area contributed by atoms with Gasteiger partial charge in [0.15, 0.2) is 5.43 Å². The van der Waals surface area contributed by atoms with E-state index >= 15 is 0 Å². The average molecular weight is 441 g/mol. The van der Waals surface area contributed by atoms with E-state index < -0.39 is 0 Å². The predicted molar refractivity (Wildman–Crippen MR) is 128 cm³/mol. The second kappa shape index (κ2) is 9.00. The Morgan fingerprint density at radius 1 is 1.00 bits per heavy atom. The first-order valence-electron chi connectivity index (χ1n) is 10.7. The molecule has 4 nitrogen and oxygen atoms in total. The van der Waals surface area contributed by atoms with E-state index in [0.29, 0.717) is 34.0 Å². The SMILES string of the molecule is O=c1cc(CNCC2CC2)oc2ccc(C#Cc3ccc(-c4ccc(Cl)cc4)cn3)cc12. The predicted octanol–water partition coefficient (Wildman–Crippen LogP) is 5.41. The monoisotopic (exact) mass is 440 g/mol. The summed E-state index contributed by atoms with van der Waals surface area (Å²) in [5.41, 5.74) is 3.97. The molecule has 1 N–H and O–H groups in total. The minimum atomic E-state index is -0.0523. The van der Waals surface area contributed by atoms with Crippen molar-refractivity contribution in [1.82, 2.24) is 10.3 Å². The van der Waals surface area contributed by atoms with E-state index in [1.807, 2.05) is 48.5 Å². The van der Waals surface area contributed by atoms with E-state index in [4.69, 9.17) is 16.0 Å². The van der Waals surface area contributed by atoms with Crippen molar-refractivity contribution in [2.75, 3.05) is 6.54 Å². The molecule has 1 aliphatic carbocycles. The highest BCUT2D eigenvalue weighted by molar-refractivity contribution is 6.30. The largest absolute Gasteiger partial charge is 0.459 e. The zero-order valence-corrected chi connectivity index (χ0v) is 18.2. The number of rotatable bonds is 5. The van der Waals surface area contributed by atoms with Crippen LogP contribution in [0.2, 0.25) is 5.02 Å². The van der Waals surface area contributed by atoms with Crippen LogP contribution in [0.25, 0.3) is 22.1 Å². The van der Waals surface area contributed by atoms with Gasteiger partial charge in [0.1, 0.15) is 17.0 Å². The van der Waals surface area contributed by atoms with Gasteiger partial charge in [-0.25, -0.2) is 4.98 Å². The summed E-state index contributed by atoms with van der Waals surface area (Å²) in [6.07, 6.45) is 4.38. The molecule has 1 saturated carbocycles. The number of aromatic nitrogens is 1. The van der Waals surface area contributed by atoms with Gasteiger partial charge in [0.2, 0.25) is 0 Å². The average Bonchev–Trinajstić information content (AvgIpc) is 3.63. The van der Waals surface area contributed by atoms with E-state index in [-0.39, 0.29) is 5.43 Å². The topological polar surface area (TPSA) is 55.1 Å². The molecule has 5 heteroatoms. The molecular weight excluding hydrogens is 420 g/mol. The number of hydrogen-bond acceptors (Lipinski definition) is 4. The van der Waals surface area contributed by atoms with Crippen LogP contribution in [-0.2, 0) is 6.54 Å². The fourth-order valence-corrected chi connectivity index (χ4v) is 3.64. The van der Waals surface area contributed by atoms with Crippen molar-refractivity contribution in [2.45, 2.75) is 19.4 Å². The quantitative estimate of drug-likeness (QED) is 0.422. The van der Waals surface area contributed by atoms with Gasteiger partial charge in [0.05, 0.1) is 11.9 Å². The van der Waals surface area contributed by atoms with Crippen LogP contribution in [0.1, 0.15) is 29.9 Å². The summed E-state index contributed by atoms with van der Waals surface area (Å²) >= 11 is 5.95. The van der Waals surface area contributed by atoms with Gasteiger partial charge >= 0.3 is 0 Å². The molecule has 2 aromatic heterocycles. The summed E-state index contributed by atoms with van der Waals surface area (Å²) in [7, 11) is 0. The Morgan fingerprint density at radius 2 is 1.81 bits per heavy atom. The molecule has 0 atom stereocenters. The lowest BCUT2D eigenvalue weighted by atomic mass is 10.1. The molecule has 5 rings (SSSR count). The maximum atomic E-state index is 12.6. The Labute approximate surface area is 191 Å². The van der Waals surface area contributed by atoms with Gasteiger partial charge < -0.3 is 9.73 Å². The highest BCUT2D eigenvalue weighted by atomic mass is 35.5. The van der Waals surface area contributed by atoms with Crippen LogP contribution in [0.5, 0.6) is 0 Å². The fraction of sp³-hybridized carbons (Fsp3) is 0.185. The van der Waals surface area contributed by atoms with Crippen LogP contribution in [-0.4, -0.2) is 11.5 Å². The van der Waals surface area contributed by atoms with Gasteiger partial charge in [-0.15, -0.1) is 0 Å². The summed E-state index contributed by atoms with van der Waals surface area (Å²) in [6, 6.07) is 18.5. The van der Waals surface area contributed by atoms with Crippen molar-refractivity contribution < 1.29 is 4.42 Å². The van der Waals surface area contributed by atoms with Gasteiger partial charge in [0.25, 0.3) is 0 Å². The highest BCUT2D eigenvalue weighted by Crippen LogP contribution is 2.27. The highest BCUT2D eigenvalue weighted by Gasteiger charge is 2.20. The second-order valence-electron chi connectivity index (χ2n) is 8.05. The molecule has 0 aliphatic heterocycles. The number of hydrogen-bond donors (Lipinski definition) is 1. The lowest BCUT2D eigenvalue weighted by Gasteiger charge is -2.05. The summed E-state index contributed by atoms with van der Waals surface area (Å²) < 4.78 is 5.89. The molecule has 0 unspecified atom stereocenters. The van der Waals surface area contributed by atoms with Crippen LogP contribution in [0, 0.1) is 17.8 Å². The molecule has 2 heterocycles. The van der Waals surface area contributed by atoms with Crippen LogP contribution >= 0.6 is 11.6 Å².